The van der Waals surface area contributed by atoms with E-state index >= 15 is 0 Å². The highest BCUT2D eigenvalue weighted by Gasteiger charge is 2.11. The van der Waals surface area contributed by atoms with E-state index in [1.54, 1.807) is 0 Å². The highest BCUT2D eigenvalue weighted by molar-refractivity contribution is 6.40. The smallest absolute Gasteiger partial charge is 0.273 e. The van der Waals surface area contributed by atoms with Gasteiger partial charge in [-0.1, -0.05) is 23.2 Å². The van der Waals surface area contributed by atoms with Crippen molar-refractivity contribution < 1.29 is 4.74 Å². The van der Waals surface area contributed by atoms with E-state index < -0.39 is 0 Å². The van der Waals surface area contributed by atoms with Crippen molar-refractivity contribution in [2.75, 3.05) is 32.8 Å². The molecule has 0 radical (unpaired) electrons. The van der Waals surface area contributed by atoms with Crippen molar-refractivity contribution in [1.29, 1.82) is 0 Å². The normalized spacial score (nSPS) is 17.3. The van der Waals surface area contributed by atoms with Gasteiger partial charge in [0.25, 0.3) is 5.56 Å². The maximum atomic E-state index is 11.7. The van der Waals surface area contributed by atoms with Gasteiger partial charge in [0.2, 0.25) is 0 Å². The van der Waals surface area contributed by atoms with Crippen LogP contribution in [-0.4, -0.2) is 47.3 Å². The SMILES string of the molecule is O=c1c(Cl)c(Cl)ncn1CCN1CCOCC1. The standard InChI is InChI=1S/C10H13Cl2N3O2/c11-8-9(12)13-7-15(10(8)16)2-1-14-3-5-17-6-4-14/h7H,1-6H2. The Morgan fingerprint density at radius 1 is 1.29 bits per heavy atom. The lowest BCUT2D eigenvalue weighted by molar-refractivity contribution is 0.0362. The highest BCUT2D eigenvalue weighted by atomic mass is 35.5. The molecule has 1 fully saturated rings. The molecule has 7 heteroatoms. The fourth-order valence-corrected chi connectivity index (χ4v) is 1.96. The number of nitrogens with zero attached hydrogens (tertiary/aromatic N) is 3. The molecule has 1 saturated heterocycles. The lowest BCUT2D eigenvalue weighted by atomic mass is 10.4. The molecule has 94 valence electrons. The van der Waals surface area contributed by atoms with Crippen molar-refractivity contribution >= 4 is 23.2 Å². The molecule has 1 aliphatic heterocycles. The summed E-state index contributed by atoms with van der Waals surface area (Å²) in [4.78, 5) is 17.8. The zero-order valence-corrected chi connectivity index (χ0v) is 10.7. The summed E-state index contributed by atoms with van der Waals surface area (Å²) in [6.07, 6.45) is 1.43. The van der Waals surface area contributed by atoms with Gasteiger partial charge in [-0.15, -0.1) is 0 Å². The van der Waals surface area contributed by atoms with Gasteiger partial charge in [0, 0.05) is 26.2 Å². The van der Waals surface area contributed by atoms with E-state index in [1.165, 1.54) is 10.9 Å². The number of halogens is 2. The Morgan fingerprint density at radius 2 is 2.00 bits per heavy atom. The molecule has 0 amide bonds. The minimum atomic E-state index is -0.292. The molecule has 2 rings (SSSR count). The van der Waals surface area contributed by atoms with Gasteiger partial charge in [-0.2, -0.15) is 0 Å². The van der Waals surface area contributed by atoms with Crippen LogP contribution >= 0.6 is 23.2 Å². The highest BCUT2D eigenvalue weighted by Crippen LogP contribution is 2.12. The van der Waals surface area contributed by atoms with E-state index in [2.05, 4.69) is 9.88 Å². The number of morpholine rings is 1. The molecule has 1 aromatic heterocycles. The zero-order valence-electron chi connectivity index (χ0n) is 9.23. The lowest BCUT2D eigenvalue weighted by Gasteiger charge is -2.26. The van der Waals surface area contributed by atoms with E-state index in [0.717, 1.165) is 32.8 Å². The Balaban J connectivity index is 1.99. The average Bonchev–Trinajstić information content (AvgIpc) is 2.36. The molecule has 1 aromatic rings. The molecule has 0 saturated carbocycles. The van der Waals surface area contributed by atoms with E-state index in [1.807, 2.05) is 0 Å². The summed E-state index contributed by atoms with van der Waals surface area (Å²) < 4.78 is 6.73. The van der Waals surface area contributed by atoms with Crippen LogP contribution < -0.4 is 5.56 Å². The Bertz CT molecular complexity index is 444. The van der Waals surface area contributed by atoms with Crippen molar-refractivity contribution in [3.05, 3.63) is 26.9 Å². The first-order valence-electron chi connectivity index (χ1n) is 5.39. The Labute approximate surface area is 109 Å². The van der Waals surface area contributed by atoms with Crippen molar-refractivity contribution in [2.45, 2.75) is 6.54 Å². The fourth-order valence-electron chi connectivity index (χ4n) is 1.68. The van der Waals surface area contributed by atoms with Gasteiger partial charge in [0.1, 0.15) is 5.02 Å². The van der Waals surface area contributed by atoms with Gasteiger partial charge in [-0.05, 0) is 0 Å². The van der Waals surface area contributed by atoms with Crippen LogP contribution in [0, 0.1) is 0 Å². The predicted molar refractivity (Wildman–Crippen MR) is 65.8 cm³/mol. The first-order valence-corrected chi connectivity index (χ1v) is 6.14. The predicted octanol–water partition coefficient (Wildman–Crippen LogP) is 0.882. The second kappa shape index (κ2) is 5.82. The summed E-state index contributed by atoms with van der Waals surface area (Å²) in [5.41, 5.74) is -0.292. The van der Waals surface area contributed by atoms with Crippen LogP contribution in [-0.2, 0) is 11.3 Å². The molecule has 0 bridgehead atoms. The second-order valence-corrected chi connectivity index (χ2v) is 4.54. The minimum absolute atomic E-state index is 0.0175. The van der Waals surface area contributed by atoms with Gasteiger partial charge < -0.3 is 4.74 Å². The van der Waals surface area contributed by atoms with Crippen LogP contribution in [0.4, 0.5) is 0 Å². The number of ether oxygens (including phenoxy) is 1. The van der Waals surface area contributed by atoms with Crippen LogP contribution in [0.25, 0.3) is 0 Å². The van der Waals surface area contributed by atoms with Crippen LogP contribution in [0.5, 0.6) is 0 Å². The molecule has 17 heavy (non-hydrogen) atoms. The Hall–Kier alpha value is -0.620. The molecule has 0 aromatic carbocycles. The van der Waals surface area contributed by atoms with Gasteiger partial charge in [-0.25, -0.2) is 4.98 Å². The molecule has 0 N–H and O–H groups in total. The minimum Gasteiger partial charge on any atom is -0.379 e. The average molecular weight is 278 g/mol. The topological polar surface area (TPSA) is 47.4 Å². The molecule has 0 unspecified atom stereocenters. The summed E-state index contributed by atoms with van der Waals surface area (Å²) in [5.74, 6) is 0. The van der Waals surface area contributed by atoms with Crippen LogP contribution in [0.15, 0.2) is 11.1 Å². The number of hydrogen-bond acceptors (Lipinski definition) is 4. The molecule has 2 heterocycles. The van der Waals surface area contributed by atoms with Crippen molar-refractivity contribution in [3.63, 3.8) is 0 Å². The summed E-state index contributed by atoms with van der Waals surface area (Å²) in [6, 6.07) is 0. The fraction of sp³-hybridized carbons (Fsp3) is 0.600. The quantitative estimate of drug-likeness (QED) is 0.770. The van der Waals surface area contributed by atoms with Crippen LogP contribution in [0.2, 0.25) is 10.2 Å². The van der Waals surface area contributed by atoms with Gasteiger partial charge in [0.05, 0.1) is 19.5 Å². The molecule has 1 aliphatic rings. The molecular weight excluding hydrogens is 265 g/mol. The first-order chi connectivity index (χ1) is 8.18. The summed E-state index contributed by atoms with van der Waals surface area (Å²) in [7, 11) is 0. The van der Waals surface area contributed by atoms with Crippen molar-refractivity contribution in [3.8, 4) is 0 Å². The second-order valence-electron chi connectivity index (χ2n) is 3.80. The van der Waals surface area contributed by atoms with E-state index in [0.29, 0.717) is 6.54 Å². The Kier molecular flexibility index (Phi) is 4.39. The maximum Gasteiger partial charge on any atom is 0.273 e. The van der Waals surface area contributed by atoms with E-state index in [4.69, 9.17) is 27.9 Å². The number of hydrogen-bond donors (Lipinski definition) is 0. The van der Waals surface area contributed by atoms with Crippen LogP contribution in [0.1, 0.15) is 0 Å². The van der Waals surface area contributed by atoms with Gasteiger partial charge >= 0.3 is 0 Å². The van der Waals surface area contributed by atoms with E-state index in [9.17, 15) is 4.79 Å². The molecular formula is C10H13Cl2N3O2. The largest absolute Gasteiger partial charge is 0.379 e. The first kappa shape index (κ1) is 12.8. The third-order valence-corrected chi connectivity index (χ3v) is 3.43. The van der Waals surface area contributed by atoms with Crippen molar-refractivity contribution in [2.24, 2.45) is 0 Å². The molecule has 0 spiro atoms. The number of rotatable bonds is 3. The lowest BCUT2D eigenvalue weighted by Crippen LogP contribution is -2.39. The van der Waals surface area contributed by atoms with E-state index in [-0.39, 0.29) is 15.7 Å². The third kappa shape index (κ3) is 3.19. The van der Waals surface area contributed by atoms with Crippen molar-refractivity contribution in [1.82, 2.24) is 14.5 Å². The maximum absolute atomic E-state index is 11.7. The zero-order chi connectivity index (χ0) is 12.3. The summed E-state index contributed by atoms with van der Waals surface area (Å²) in [5, 5.41) is 0.0374. The number of aromatic nitrogens is 2. The molecule has 0 atom stereocenters. The Morgan fingerprint density at radius 3 is 2.71 bits per heavy atom. The summed E-state index contributed by atoms with van der Waals surface area (Å²) >= 11 is 11.4. The summed E-state index contributed by atoms with van der Waals surface area (Å²) in [6.45, 7) is 4.61. The monoisotopic (exact) mass is 277 g/mol. The van der Waals surface area contributed by atoms with Gasteiger partial charge in [0.15, 0.2) is 5.15 Å². The van der Waals surface area contributed by atoms with Gasteiger partial charge in [-0.3, -0.25) is 14.3 Å². The molecule has 0 aliphatic carbocycles. The van der Waals surface area contributed by atoms with Crippen LogP contribution in [0.3, 0.4) is 0 Å². The molecule has 5 nitrogen and oxygen atoms in total. The third-order valence-electron chi connectivity index (χ3n) is 2.70.